The second-order valence-corrected chi connectivity index (χ2v) is 3.75. The lowest BCUT2D eigenvalue weighted by Gasteiger charge is -1.89. The Morgan fingerprint density at radius 1 is 1.55 bits per heavy atom. The summed E-state index contributed by atoms with van der Waals surface area (Å²) in [5, 5.41) is 0.775. The smallest absolute Gasteiger partial charge is 0.242 e. The van der Waals surface area contributed by atoms with Gasteiger partial charge in [0.15, 0.2) is 9.84 Å². The normalized spacial score (nSPS) is 11.6. The van der Waals surface area contributed by atoms with E-state index in [9.17, 15) is 13.2 Å². The summed E-state index contributed by atoms with van der Waals surface area (Å²) < 4.78 is 21.5. The molecule has 0 heterocycles. The van der Waals surface area contributed by atoms with Gasteiger partial charge >= 0.3 is 0 Å². The van der Waals surface area contributed by atoms with Crippen LogP contribution in [0.15, 0.2) is 24.1 Å². The van der Waals surface area contributed by atoms with E-state index in [1.165, 1.54) is 6.08 Å². The number of primary amides is 1. The van der Waals surface area contributed by atoms with E-state index in [1.54, 1.807) is 0 Å². The third-order valence-electron chi connectivity index (χ3n) is 0.790. The largest absolute Gasteiger partial charge is 0.366 e. The second-order valence-electron chi connectivity index (χ2n) is 1.82. The molecule has 0 saturated carbocycles. The zero-order chi connectivity index (χ0) is 8.91. The molecule has 0 aliphatic heterocycles. The highest BCUT2D eigenvalue weighted by Crippen LogP contribution is 1.91. The van der Waals surface area contributed by atoms with Crippen molar-refractivity contribution in [1.82, 2.24) is 0 Å². The van der Waals surface area contributed by atoms with Crippen LogP contribution in [-0.4, -0.2) is 20.1 Å². The predicted octanol–water partition coefficient (Wildman–Crippen LogP) is -0.414. The predicted molar refractivity (Wildman–Crippen MR) is 42.3 cm³/mol. The summed E-state index contributed by atoms with van der Waals surface area (Å²) in [6.07, 6.45) is 2.04. The zero-order valence-electron chi connectivity index (χ0n) is 5.86. The van der Waals surface area contributed by atoms with Gasteiger partial charge in [-0.3, -0.25) is 4.79 Å². The van der Waals surface area contributed by atoms with Crippen LogP contribution in [0.4, 0.5) is 0 Å². The molecule has 0 aromatic carbocycles. The van der Waals surface area contributed by atoms with Gasteiger partial charge < -0.3 is 5.73 Å². The van der Waals surface area contributed by atoms with Gasteiger partial charge in [0.25, 0.3) is 0 Å². The van der Waals surface area contributed by atoms with Crippen molar-refractivity contribution in [1.29, 1.82) is 0 Å². The molecule has 0 aromatic heterocycles. The first kappa shape index (κ1) is 9.90. The molecule has 62 valence electrons. The Balaban J connectivity index is 4.36. The lowest BCUT2D eigenvalue weighted by Crippen LogP contribution is -2.07. The molecule has 2 N–H and O–H groups in total. The molecule has 0 saturated heterocycles. The van der Waals surface area contributed by atoms with Crippen molar-refractivity contribution in [3.63, 3.8) is 0 Å². The molecule has 4 nitrogen and oxygen atoms in total. The summed E-state index contributed by atoms with van der Waals surface area (Å²) in [5.74, 6) is -0.964. The fourth-order valence-corrected chi connectivity index (χ4v) is 1.17. The molecular weight excluding hydrogens is 166 g/mol. The van der Waals surface area contributed by atoms with Crippen LogP contribution < -0.4 is 5.73 Å². The molecule has 0 bridgehead atoms. The van der Waals surface area contributed by atoms with Crippen molar-refractivity contribution in [2.45, 2.75) is 0 Å². The van der Waals surface area contributed by atoms with Gasteiger partial charge in [-0.15, -0.1) is 6.58 Å². The highest BCUT2D eigenvalue weighted by atomic mass is 32.2. The first-order chi connectivity index (χ1) is 4.98. The van der Waals surface area contributed by atoms with E-state index >= 15 is 0 Å². The molecule has 1 amide bonds. The van der Waals surface area contributed by atoms with E-state index in [2.05, 4.69) is 12.3 Å². The summed E-state index contributed by atoms with van der Waals surface area (Å²) in [7, 11) is -3.33. The van der Waals surface area contributed by atoms with Crippen molar-refractivity contribution in [3.05, 3.63) is 24.1 Å². The second kappa shape index (κ2) is 3.92. The minimum absolute atomic E-state index is 0.184. The topological polar surface area (TPSA) is 77.2 Å². The van der Waals surface area contributed by atoms with Gasteiger partial charge in [0.05, 0.1) is 5.75 Å². The fourth-order valence-electron chi connectivity index (χ4n) is 0.391. The van der Waals surface area contributed by atoms with Gasteiger partial charge in [0.2, 0.25) is 5.91 Å². The molecule has 0 aromatic rings. The Hall–Kier alpha value is -1.10. The van der Waals surface area contributed by atoms with Crippen molar-refractivity contribution in [2.24, 2.45) is 5.73 Å². The summed E-state index contributed by atoms with van der Waals surface area (Å²) in [6, 6.07) is 0. The average Bonchev–Trinajstić information content (AvgIpc) is 1.84. The van der Waals surface area contributed by atoms with Crippen molar-refractivity contribution < 1.29 is 13.2 Å². The molecule has 5 heteroatoms. The van der Waals surface area contributed by atoms with E-state index < -0.39 is 15.7 Å². The van der Waals surface area contributed by atoms with Crippen LogP contribution in [-0.2, 0) is 14.6 Å². The molecule has 0 unspecified atom stereocenters. The van der Waals surface area contributed by atoms with Gasteiger partial charge in [-0.05, 0) is 0 Å². The molecule has 0 radical (unpaired) electrons. The standard InChI is InChI=1S/C6H9NO3S/c1-2-4-11(9,10)5-3-6(7)8/h2-3,5H,1,4H2,(H2,7,8). The number of sulfone groups is 1. The SMILES string of the molecule is C=CCS(=O)(=O)C=CC(N)=O. The Bertz CT molecular complexity index is 276. The molecule has 11 heavy (non-hydrogen) atoms. The van der Waals surface area contributed by atoms with Crippen LogP contribution in [0.25, 0.3) is 0 Å². The van der Waals surface area contributed by atoms with Gasteiger partial charge in [0, 0.05) is 11.5 Å². The Kier molecular flexibility index (Phi) is 3.53. The maximum atomic E-state index is 10.8. The van der Waals surface area contributed by atoms with Crippen LogP contribution in [0.5, 0.6) is 0 Å². The number of carbonyl (C=O) groups excluding carboxylic acids is 1. The van der Waals surface area contributed by atoms with E-state index in [-0.39, 0.29) is 5.75 Å². The van der Waals surface area contributed by atoms with Crippen LogP contribution in [0.2, 0.25) is 0 Å². The maximum absolute atomic E-state index is 10.8. The first-order valence-electron chi connectivity index (χ1n) is 2.79. The molecule has 0 rings (SSSR count). The number of hydrogen-bond acceptors (Lipinski definition) is 3. The minimum atomic E-state index is -3.33. The van der Waals surface area contributed by atoms with Crippen LogP contribution >= 0.6 is 0 Å². The van der Waals surface area contributed by atoms with E-state index in [0.717, 1.165) is 11.5 Å². The molecular formula is C6H9NO3S. The summed E-state index contributed by atoms with van der Waals surface area (Å²) >= 11 is 0. The first-order valence-corrected chi connectivity index (χ1v) is 4.50. The third-order valence-corrected chi connectivity index (χ3v) is 2.04. The van der Waals surface area contributed by atoms with E-state index in [1.807, 2.05) is 0 Å². The van der Waals surface area contributed by atoms with Crippen LogP contribution in [0.1, 0.15) is 0 Å². The molecule has 0 spiro atoms. The Labute approximate surface area is 65.3 Å². The van der Waals surface area contributed by atoms with E-state index in [0.29, 0.717) is 0 Å². The number of carbonyl (C=O) groups is 1. The molecule has 0 aliphatic rings. The Morgan fingerprint density at radius 3 is 2.45 bits per heavy atom. The Morgan fingerprint density at radius 2 is 2.09 bits per heavy atom. The average molecular weight is 175 g/mol. The third kappa shape index (κ3) is 5.35. The number of nitrogens with two attached hydrogens (primary N) is 1. The van der Waals surface area contributed by atoms with Gasteiger partial charge in [-0.1, -0.05) is 6.08 Å². The van der Waals surface area contributed by atoms with Gasteiger partial charge in [0.1, 0.15) is 0 Å². The molecule has 0 atom stereocenters. The van der Waals surface area contributed by atoms with Gasteiger partial charge in [-0.2, -0.15) is 0 Å². The molecule has 0 fully saturated rings. The van der Waals surface area contributed by atoms with Crippen molar-refractivity contribution in [2.75, 3.05) is 5.75 Å². The monoisotopic (exact) mass is 175 g/mol. The highest BCUT2D eigenvalue weighted by Gasteiger charge is 2.01. The minimum Gasteiger partial charge on any atom is -0.366 e. The maximum Gasteiger partial charge on any atom is 0.242 e. The lowest BCUT2D eigenvalue weighted by molar-refractivity contribution is -0.113. The summed E-state index contributed by atoms with van der Waals surface area (Å²) in [4.78, 5) is 10.1. The van der Waals surface area contributed by atoms with Crippen LogP contribution in [0, 0.1) is 0 Å². The van der Waals surface area contributed by atoms with Gasteiger partial charge in [-0.25, -0.2) is 8.42 Å². The number of rotatable bonds is 4. The quantitative estimate of drug-likeness (QED) is 0.466. The molecule has 0 aliphatic carbocycles. The van der Waals surface area contributed by atoms with Crippen molar-refractivity contribution >= 4 is 15.7 Å². The van der Waals surface area contributed by atoms with E-state index in [4.69, 9.17) is 0 Å². The van der Waals surface area contributed by atoms with Crippen molar-refractivity contribution in [3.8, 4) is 0 Å². The number of amides is 1. The number of hydrogen-bond donors (Lipinski definition) is 1. The zero-order valence-corrected chi connectivity index (χ0v) is 6.67. The summed E-state index contributed by atoms with van der Waals surface area (Å²) in [6.45, 7) is 3.24. The highest BCUT2D eigenvalue weighted by molar-refractivity contribution is 7.94. The van der Waals surface area contributed by atoms with Crippen LogP contribution in [0.3, 0.4) is 0 Å². The summed E-state index contributed by atoms with van der Waals surface area (Å²) in [5.41, 5.74) is 4.68. The lowest BCUT2D eigenvalue weighted by atomic mass is 10.6. The fraction of sp³-hybridized carbons (Fsp3) is 0.167.